The molecule has 1 aromatic carbocycles. The van der Waals surface area contributed by atoms with Crippen LogP contribution in [0.1, 0.15) is 18.4 Å². The van der Waals surface area contributed by atoms with E-state index in [4.69, 9.17) is 16.9 Å². The van der Waals surface area contributed by atoms with E-state index in [0.29, 0.717) is 18.1 Å². The van der Waals surface area contributed by atoms with Gasteiger partial charge in [0.1, 0.15) is 0 Å². The number of amides is 1. The molecule has 1 heterocycles. The maximum absolute atomic E-state index is 12.1. The second-order valence-electron chi connectivity index (χ2n) is 4.89. The molecule has 0 bridgehead atoms. The summed E-state index contributed by atoms with van der Waals surface area (Å²) in [7, 11) is 0. The lowest BCUT2D eigenvalue weighted by Gasteiger charge is -2.17. The predicted molar refractivity (Wildman–Crippen MR) is 80.4 cm³/mol. The number of rotatable bonds is 4. The van der Waals surface area contributed by atoms with Crippen LogP contribution < -0.4 is 0 Å². The van der Waals surface area contributed by atoms with E-state index in [0.717, 1.165) is 18.4 Å². The Morgan fingerprint density at radius 2 is 2.05 bits per heavy atom. The van der Waals surface area contributed by atoms with Crippen molar-refractivity contribution in [3.63, 3.8) is 0 Å². The molecule has 1 aliphatic heterocycles. The summed E-state index contributed by atoms with van der Waals surface area (Å²) < 4.78 is 0. The molecule has 0 spiro atoms. The van der Waals surface area contributed by atoms with Crippen molar-refractivity contribution in [1.82, 2.24) is 4.90 Å². The van der Waals surface area contributed by atoms with E-state index in [1.807, 2.05) is 6.07 Å². The molecule has 1 unspecified atom stereocenters. The van der Waals surface area contributed by atoms with Crippen LogP contribution in [0.25, 0.3) is 6.08 Å². The Labute approximate surface area is 128 Å². The summed E-state index contributed by atoms with van der Waals surface area (Å²) in [6, 6.07) is 8.80. The first kappa shape index (κ1) is 15.3. The Morgan fingerprint density at radius 1 is 1.33 bits per heavy atom. The number of carbonyl (C=O) groups excluding carboxylic acids is 2. The fraction of sp³-hybridized carbons (Fsp3) is 0.312. The van der Waals surface area contributed by atoms with Crippen LogP contribution in [0.15, 0.2) is 30.3 Å². The molecule has 5 heteroatoms. The molecule has 1 fully saturated rings. The Bertz CT molecular complexity index is 613. The van der Waals surface area contributed by atoms with Gasteiger partial charge in [-0.15, -0.1) is 0 Å². The molecule has 1 aliphatic rings. The van der Waals surface area contributed by atoms with Crippen LogP contribution in [0.3, 0.4) is 0 Å². The number of nitriles is 1. The zero-order valence-corrected chi connectivity index (χ0v) is 12.2. The van der Waals surface area contributed by atoms with Crippen molar-refractivity contribution in [1.29, 1.82) is 5.26 Å². The Kier molecular flexibility index (Phi) is 5.13. The van der Waals surface area contributed by atoms with Gasteiger partial charge in [0.25, 0.3) is 0 Å². The van der Waals surface area contributed by atoms with Gasteiger partial charge >= 0.3 is 0 Å². The topological polar surface area (TPSA) is 61.2 Å². The number of hydrogen-bond donors (Lipinski definition) is 0. The Balaban J connectivity index is 2.06. The van der Waals surface area contributed by atoms with Gasteiger partial charge in [0, 0.05) is 18.1 Å². The van der Waals surface area contributed by atoms with Crippen molar-refractivity contribution in [2.45, 2.75) is 12.8 Å². The first-order valence-electron chi connectivity index (χ1n) is 6.77. The van der Waals surface area contributed by atoms with Gasteiger partial charge in [-0.05, 0) is 36.6 Å². The molecule has 0 aromatic heterocycles. The summed E-state index contributed by atoms with van der Waals surface area (Å²) in [6.07, 6.45) is 4.69. The van der Waals surface area contributed by atoms with Gasteiger partial charge < -0.3 is 4.90 Å². The highest BCUT2D eigenvalue weighted by Gasteiger charge is 2.30. The lowest BCUT2D eigenvalue weighted by Crippen LogP contribution is -2.36. The van der Waals surface area contributed by atoms with Gasteiger partial charge in [-0.25, -0.2) is 0 Å². The number of halogens is 1. The van der Waals surface area contributed by atoms with E-state index in [1.54, 1.807) is 35.2 Å². The molecule has 4 nitrogen and oxygen atoms in total. The summed E-state index contributed by atoms with van der Waals surface area (Å²) >= 11 is 5.85. The highest BCUT2D eigenvalue weighted by Crippen LogP contribution is 2.15. The molecule has 0 radical (unpaired) electrons. The second-order valence-corrected chi connectivity index (χ2v) is 5.32. The number of allylic oxidation sites excluding steroid dienone is 1. The van der Waals surface area contributed by atoms with E-state index < -0.39 is 17.6 Å². The largest absolute Gasteiger partial charge is 0.341 e. The van der Waals surface area contributed by atoms with Crippen LogP contribution in [-0.2, 0) is 9.59 Å². The summed E-state index contributed by atoms with van der Waals surface area (Å²) in [5.41, 5.74) is 0.751. The van der Waals surface area contributed by atoms with Crippen LogP contribution in [0.4, 0.5) is 0 Å². The number of carbonyl (C=O) groups is 2. The van der Waals surface area contributed by atoms with Crippen LogP contribution in [0.2, 0.25) is 5.02 Å². The summed E-state index contributed by atoms with van der Waals surface area (Å²) in [5, 5.41) is 9.66. The highest BCUT2D eigenvalue weighted by molar-refractivity contribution is 6.30. The van der Waals surface area contributed by atoms with Gasteiger partial charge in [-0.1, -0.05) is 29.8 Å². The molecule has 1 atom stereocenters. The van der Waals surface area contributed by atoms with Gasteiger partial charge in [-0.3, -0.25) is 9.59 Å². The van der Waals surface area contributed by atoms with Crippen molar-refractivity contribution in [3.8, 4) is 6.07 Å². The Hall–Kier alpha value is -2.12. The standard InChI is InChI=1S/C16H15ClN2O2/c17-13-5-3-4-12(10-13)6-7-15(20)14(11-18)16(21)19-8-1-2-9-19/h3-7,10,14H,1-2,8-9H2/b7-6+. The molecule has 1 saturated heterocycles. The van der Waals surface area contributed by atoms with E-state index in [2.05, 4.69) is 0 Å². The molecule has 0 N–H and O–H groups in total. The van der Waals surface area contributed by atoms with Crippen LogP contribution >= 0.6 is 11.6 Å². The van der Waals surface area contributed by atoms with Crippen molar-refractivity contribution in [3.05, 3.63) is 40.9 Å². The van der Waals surface area contributed by atoms with Crippen molar-refractivity contribution in [2.24, 2.45) is 5.92 Å². The van der Waals surface area contributed by atoms with E-state index in [9.17, 15) is 9.59 Å². The monoisotopic (exact) mass is 302 g/mol. The second kappa shape index (κ2) is 7.05. The molecular weight excluding hydrogens is 288 g/mol. The number of likely N-dealkylation sites (tertiary alicyclic amines) is 1. The van der Waals surface area contributed by atoms with Crippen molar-refractivity contribution >= 4 is 29.4 Å². The van der Waals surface area contributed by atoms with E-state index >= 15 is 0 Å². The van der Waals surface area contributed by atoms with Crippen LogP contribution in [0.5, 0.6) is 0 Å². The minimum absolute atomic E-state index is 0.393. The zero-order valence-electron chi connectivity index (χ0n) is 11.5. The number of benzene rings is 1. The first-order valence-corrected chi connectivity index (χ1v) is 7.15. The maximum Gasteiger partial charge on any atom is 0.247 e. The minimum atomic E-state index is -1.25. The number of hydrogen-bond acceptors (Lipinski definition) is 3. The van der Waals surface area contributed by atoms with E-state index in [-0.39, 0.29) is 0 Å². The molecule has 2 rings (SSSR count). The number of nitrogens with zero attached hydrogens (tertiary/aromatic N) is 2. The first-order chi connectivity index (χ1) is 10.1. The SMILES string of the molecule is N#CC(C(=O)/C=C/c1cccc(Cl)c1)C(=O)N1CCCC1. The van der Waals surface area contributed by atoms with Gasteiger partial charge in [0.15, 0.2) is 11.7 Å². The lowest BCUT2D eigenvalue weighted by atomic mass is 10.0. The Morgan fingerprint density at radius 3 is 2.67 bits per heavy atom. The molecule has 1 amide bonds. The normalized spacial score (nSPS) is 15.9. The van der Waals surface area contributed by atoms with Crippen molar-refractivity contribution < 1.29 is 9.59 Å². The third kappa shape index (κ3) is 3.93. The summed E-state index contributed by atoms with van der Waals surface area (Å²) in [5.74, 6) is -2.14. The quantitative estimate of drug-likeness (QED) is 0.634. The molecule has 108 valence electrons. The fourth-order valence-corrected chi connectivity index (χ4v) is 2.44. The summed E-state index contributed by atoms with van der Waals surface area (Å²) in [6.45, 7) is 1.25. The molecule has 1 aromatic rings. The average molecular weight is 303 g/mol. The third-order valence-corrected chi connectivity index (χ3v) is 3.60. The van der Waals surface area contributed by atoms with Gasteiger partial charge in [-0.2, -0.15) is 5.26 Å². The molecular formula is C16H15ClN2O2. The van der Waals surface area contributed by atoms with Gasteiger partial charge in [0.2, 0.25) is 5.91 Å². The van der Waals surface area contributed by atoms with Crippen molar-refractivity contribution in [2.75, 3.05) is 13.1 Å². The minimum Gasteiger partial charge on any atom is -0.341 e. The average Bonchev–Trinajstić information content (AvgIpc) is 3.00. The third-order valence-electron chi connectivity index (χ3n) is 3.37. The van der Waals surface area contributed by atoms with Gasteiger partial charge in [0.05, 0.1) is 6.07 Å². The smallest absolute Gasteiger partial charge is 0.247 e. The molecule has 0 saturated carbocycles. The van der Waals surface area contributed by atoms with Crippen LogP contribution in [-0.4, -0.2) is 29.7 Å². The molecule has 0 aliphatic carbocycles. The van der Waals surface area contributed by atoms with E-state index in [1.165, 1.54) is 6.08 Å². The highest BCUT2D eigenvalue weighted by atomic mass is 35.5. The number of ketones is 1. The fourth-order valence-electron chi connectivity index (χ4n) is 2.25. The maximum atomic E-state index is 12.1. The zero-order chi connectivity index (χ0) is 15.2. The lowest BCUT2D eigenvalue weighted by molar-refractivity contribution is -0.136. The molecule has 21 heavy (non-hydrogen) atoms. The summed E-state index contributed by atoms with van der Waals surface area (Å²) in [4.78, 5) is 25.7. The predicted octanol–water partition coefficient (Wildman–Crippen LogP) is 2.68. The van der Waals surface area contributed by atoms with Crippen LogP contribution in [0, 0.1) is 17.2 Å².